The molecule has 5 heteroatoms. The van der Waals surface area contributed by atoms with Gasteiger partial charge in [-0.05, 0) is 38.8 Å². The number of carbonyl (C=O) groups is 1. The Hall–Kier alpha value is -2.22. The highest BCUT2D eigenvalue weighted by atomic mass is 16.6. The van der Waals surface area contributed by atoms with Gasteiger partial charge in [0.25, 0.3) is 0 Å². The number of nitrogen functional groups attached to an aromatic ring is 1. The molecule has 0 atom stereocenters. The number of para-hydroxylation sites is 2. The van der Waals surface area contributed by atoms with Crippen molar-refractivity contribution >= 4 is 11.7 Å². The van der Waals surface area contributed by atoms with E-state index in [0.29, 0.717) is 24.3 Å². The van der Waals surface area contributed by atoms with Gasteiger partial charge in [-0.25, -0.2) is 4.79 Å². The molecule has 1 aromatic rings. The molecule has 0 saturated heterocycles. The minimum atomic E-state index is -0.442. The van der Waals surface area contributed by atoms with Gasteiger partial charge in [0.1, 0.15) is 5.75 Å². The van der Waals surface area contributed by atoms with Crippen molar-refractivity contribution in [1.82, 2.24) is 0 Å². The van der Waals surface area contributed by atoms with Crippen LogP contribution in [0.3, 0.4) is 0 Å². The molecule has 0 spiro atoms. The minimum absolute atomic E-state index is 0.171. The minimum Gasteiger partial charge on any atom is -0.480 e. The van der Waals surface area contributed by atoms with E-state index in [-0.39, 0.29) is 18.6 Å². The highest BCUT2D eigenvalue weighted by molar-refractivity contribution is 5.71. The summed E-state index contributed by atoms with van der Waals surface area (Å²) in [6.07, 6.45) is 1.34. The van der Waals surface area contributed by atoms with Crippen molar-refractivity contribution in [3.8, 4) is 11.8 Å². The zero-order chi connectivity index (χ0) is 15.0. The van der Waals surface area contributed by atoms with Gasteiger partial charge < -0.3 is 15.2 Å². The summed E-state index contributed by atoms with van der Waals surface area (Å²) in [6.45, 7) is 3.83. The Balaban J connectivity index is 2.22. The monoisotopic (exact) mass is 276 g/mol. The molecule has 5 nitrogen and oxygen atoms in total. The van der Waals surface area contributed by atoms with E-state index in [1.54, 1.807) is 24.3 Å². The summed E-state index contributed by atoms with van der Waals surface area (Å²) >= 11 is 0. The highest BCUT2D eigenvalue weighted by Crippen LogP contribution is 2.21. The van der Waals surface area contributed by atoms with Gasteiger partial charge in [-0.3, -0.25) is 0 Å². The average molecular weight is 276 g/mol. The zero-order valence-corrected chi connectivity index (χ0v) is 11.9. The first-order valence-corrected chi connectivity index (χ1v) is 6.49. The number of anilines is 1. The Morgan fingerprint density at radius 2 is 2.10 bits per heavy atom. The van der Waals surface area contributed by atoms with Crippen molar-refractivity contribution in [3.63, 3.8) is 0 Å². The van der Waals surface area contributed by atoms with Crippen LogP contribution in [0.15, 0.2) is 24.3 Å². The molecule has 0 fully saturated rings. The lowest BCUT2D eigenvalue weighted by atomic mass is 9.90. The molecule has 20 heavy (non-hydrogen) atoms. The van der Waals surface area contributed by atoms with E-state index < -0.39 is 5.97 Å². The Morgan fingerprint density at radius 1 is 1.40 bits per heavy atom. The molecule has 0 aliphatic heterocycles. The molecule has 0 aliphatic carbocycles. The molecule has 108 valence electrons. The number of nitrogens with zero attached hydrogens (tertiary/aromatic N) is 1. The smallest absolute Gasteiger partial charge is 0.344 e. The normalized spacial score (nSPS) is 10.7. The van der Waals surface area contributed by atoms with Gasteiger partial charge >= 0.3 is 5.97 Å². The van der Waals surface area contributed by atoms with Gasteiger partial charge in [0.2, 0.25) is 0 Å². The molecule has 0 saturated carbocycles. The van der Waals surface area contributed by atoms with Crippen LogP contribution in [0.5, 0.6) is 5.75 Å². The van der Waals surface area contributed by atoms with Crippen LogP contribution in [0.2, 0.25) is 0 Å². The molecular weight excluding hydrogens is 256 g/mol. The first kappa shape index (κ1) is 15.8. The van der Waals surface area contributed by atoms with Gasteiger partial charge in [0.15, 0.2) is 6.61 Å². The number of hydrogen-bond donors (Lipinski definition) is 1. The van der Waals surface area contributed by atoms with Gasteiger partial charge in [-0.15, -0.1) is 0 Å². The number of benzene rings is 1. The average Bonchev–Trinajstić information content (AvgIpc) is 2.43. The lowest BCUT2D eigenvalue weighted by molar-refractivity contribution is -0.146. The second-order valence-corrected chi connectivity index (χ2v) is 5.15. The first-order chi connectivity index (χ1) is 9.44. The van der Waals surface area contributed by atoms with Crippen molar-refractivity contribution in [1.29, 1.82) is 5.26 Å². The van der Waals surface area contributed by atoms with Gasteiger partial charge in [0, 0.05) is 0 Å². The fourth-order valence-corrected chi connectivity index (χ4v) is 1.55. The summed E-state index contributed by atoms with van der Waals surface area (Å²) in [5.41, 5.74) is 5.78. The molecule has 0 amide bonds. The van der Waals surface area contributed by atoms with Gasteiger partial charge in [0.05, 0.1) is 23.8 Å². The van der Waals surface area contributed by atoms with E-state index in [9.17, 15) is 4.79 Å². The third-order valence-electron chi connectivity index (χ3n) is 2.78. The number of nitriles is 1. The van der Waals surface area contributed by atoms with E-state index in [1.807, 2.05) is 13.8 Å². The Labute approximate surface area is 119 Å². The molecule has 2 N–H and O–H groups in total. The number of hydrogen-bond acceptors (Lipinski definition) is 5. The van der Waals surface area contributed by atoms with E-state index in [4.69, 9.17) is 20.5 Å². The second-order valence-electron chi connectivity index (χ2n) is 5.15. The maximum atomic E-state index is 11.5. The molecular formula is C15H20N2O3. The number of carbonyl (C=O) groups excluding carboxylic acids is 1. The van der Waals surface area contributed by atoms with Gasteiger partial charge in [-0.2, -0.15) is 5.26 Å². The maximum Gasteiger partial charge on any atom is 0.344 e. The molecule has 0 aliphatic rings. The maximum absolute atomic E-state index is 11.5. The van der Waals surface area contributed by atoms with Crippen LogP contribution in [0, 0.1) is 16.7 Å². The second kappa shape index (κ2) is 7.39. The third-order valence-corrected chi connectivity index (χ3v) is 2.78. The zero-order valence-electron chi connectivity index (χ0n) is 11.9. The van der Waals surface area contributed by atoms with E-state index >= 15 is 0 Å². The van der Waals surface area contributed by atoms with Crippen molar-refractivity contribution < 1.29 is 14.3 Å². The van der Waals surface area contributed by atoms with Crippen LogP contribution in [0.1, 0.15) is 26.7 Å². The Bertz CT molecular complexity index is 492. The molecule has 0 bridgehead atoms. The van der Waals surface area contributed by atoms with Crippen LogP contribution in [0.25, 0.3) is 0 Å². The molecule has 0 aromatic heterocycles. The summed E-state index contributed by atoms with van der Waals surface area (Å²) in [4.78, 5) is 11.5. The van der Waals surface area contributed by atoms with E-state index in [1.165, 1.54) is 0 Å². The van der Waals surface area contributed by atoms with Gasteiger partial charge in [-0.1, -0.05) is 12.1 Å². The first-order valence-electron chi connectivity index (χ1n) is 6.49. The lowest BCUT2D eigenvalue weighted by Gasteiger charge is -2.14. The SMILES string of the molecule is CC(C)(C#N)CCCOC(=O)COc1ccccc1N. The number of rotatable bonds is 7. The highest BCUT2D eigenvalue weighted by Gasteiger charge is 2.16. The molecule has 1 rings (SSSR count). The molecule has 1 aromatic carbocycles. The van der Waals surface area contributed by atoms with Crippen molar-refractivity contribution in [2.24, 2.45) is 5.41 Å². The van der Waals surface area contributed by atoms with E-state index in [0.717, 1.165) is 0 Å². The topological polar surface area (TPSA) is 85.3 Å². The van der Waals surface area contributed by atoms with E-state index in [2.05, 4.69) is 6.07 Å². The summed E-state index contributed by atoms with van der Waals surface area (Å²) in [6, 6.07) is 9.16. The summed E-state index contributed by atoms with van der Waals surface area (Å²) in [5, 5.41) is 8.85. The predicted octanol–water partition coefficient (Wildman–Crippen LogP) is 2.52. The van der Waals surface area contributed by atoms with Crippen LogP contribution < -0.4 is 10.5 Å². The van der Waals surface area contributed by atoms with Crippen LogP contribution >= 0.6 is 0 Å². The Morgan fingerprint density at radius 3 is 2.75 bits per heavy atom. The Kier molecular flexibility index (Phi) is 5.85. The quantitative estimate of drug-likeness (QED) is 0.470. The summed E-state index contributed by atoms with van der Waals surface area (Å²) in [5.74, 6) is 0.0260. The fraction of sp³-hybridized carbons (Fsp3) is 0.467. The predicted molar refractivity (Wildman–Crippen MR) is 75.9 cm³/mol. The fourth-order valence-electron chi connectivity index (χ4n) is 1.55. The summed E-state index contributed by atoms with van der Waals surface area (Å²) < 4.78 is 10.3. The number of nitrogens with two attached hydrogens (primary N) is 1. The standard InChI is InChI=1S/C15H20N2O3/c1-15(2,11-16)8-5-9-19-14(18)10-20-13-7-4-3-6-12(13)17/h3-4,6-7H,5,8-10,17H2,1-2H3. The third kappa shape index (κ3) is 5.61. The molecule has 0 unspecified atom stereocenters. The molecule has 0 heterocycles. The lowest BCUT2D eigenvalue weighted by Crippen LogP contribution is -2.17. The van der Waals surface area contributed by atoms with Crippen molar-refractivity contribution in [3.05, 3.63) is 24.3 Å². The largest absolute Gasteiger partial charge is 0.480 e. The van der Waals surface area contributed by atoms with Crippen LogP contribution in [0.4, 0.5) is 5.69 Å². The number of ether oxygens (including phenoxy) is 2. The van der Waals surface area contributed by atoms with Crippen molar-refractivity contribution in [2.45, 2.75) is 26.7 Å². The number of esters is 1. The van der Waals surface area contributed by atoms with Crippen LogP contribution in [-0.2, 0) is 9.53 Å². The molecule has 0 radical (unpaired) electrons. The van der Waals surface area contributed by atoms with Crippen molar-refractivity contribution in [2.75, 3.05) is 18.9 Å². The summed E-state index contributed by atoms with van der Waals surface area (Å²) in [7, 11) is 0. The van der Waals surface area contributed by atoms with Crippen LogP contribution in [-0.4, -0.2) is 19.2 Å².